The molecule has 0 radical (unpaired) electrons. The number of urea groups is 1. The van der Waals surface area contributed by atoms with E-state index in [1.165, 1.54) is 0 Å². The van der Waals surface area contributed by atoms with E-state index in [1.54, 1.807) is 26.6 Å². The predicted octanol–water partition coefficient (Wildman–Crippen LogP) is 3.01. The molecular formula is C22H29N5O3. The fraction of sp³-hybridized carbons (Fsp3) is 0.500. The molecule has 2 saturated heterocycles. The maximum Gasteiger partial charge on any atom is 0.318 e. The van der Waals surface area contributed by atoms with Crippen LogP contribution in [0.4, 0.5) is 10.7 Å². The summed E-state index contributed by atoms with van der Waals surface area (Å²) in [6.07, 6.45) is 7.36. The van der Waals surface area contributed by atoms with Crippen LogP contribution in [0.3, 0.4) is 0 Å². The van der Waals surface area contributed by atoms with Crippen LogP contribution in [0.2, 0.25) is 0 Å². The summed E-state index contributed by atoms with van der Waals surface area (Å²) in [6.45, 7) is 2.37. The van der Waals surface area contributed by atoms with Crippen LogP contribution in [-0.4, -0.2) is 60.8 Å². The second-order valence-corrected chi connectivity index (χ2v) is 7.74. The number of hydrogen-bond acceptors (Lipinski definition) is 6. The molecule has 30 heavy (non-hydrogen) atoms. The molecule has 0 aliphatic carbocycles. The van der Waals surface area contributed by atoms with E-state index in [2.05, 4.69) is 20.2 Å². The quantitative estimate of drug-likeness (QED) is 0.815. The lowest BCUT2D eigenvalue weighted by molar-refractivity contribution is 0.186. The van der Waals surface area contributed by atoms with Crippen molar-refractivity contribution < 1.29 is 14.3 Å². The van der Waals surface area contributed by atoms with Crippen LogP contribution in [0.15, 0.2) is 36.7 Å². The number of likely N-dealkylation sites (tertiary alicyclic amines) is 1. The standard InChI is InChI=1S/C22H29N5O3/c1-29-17-8-9-18(20(14-17)30-2)19-7-4-13-27(19)22(28)25-16-6-3-12-26(15-16)21-23-10-5-11-24-21/h5,8-11,14,16,19H,3-4,6-7,12-13,15H2,1-2H3,(H,25,28). The Kier molecular flexibility index (Phi) is 6.21. The number of carbonyl (C=O) groups excluding carboxylic acids is 1. The van der Waals surface area contributed by atoms with E-state index in [0.29, 0.717) is 0 Å². The van der Waals surface area contributed by atoms with Crippen LogP contribution < -0.4 is 19.7 Å². The van der Waals surface area contributed by atoms with Gasteiger partial charge in [0.15, 0.2) is 0 Å². The van der Waals surface area contributed by atoms with Gasteiger partial charge in [-0.25, -0.2) is 14.8 Å². The minimum atomic E-state index is -0.0174. The Bertz CT molecular complexity index is 863. The topological polar surface area (TPSA) is 79.8 Å². The van der Waals surface area contributed by atoms with Crippen LogP contribution in [0.1, 0.15) is 37.3 Å². The number of rotatable bonds is 5. The number of benzene rings is 1. The molecular weight excluding hydrogens is 382 g/mol. The van der Waals surface area contributed by atoms with Crippen LogP contribution >= 0.6 is 0 Å². The SMILES string of the molecule is COc1ccc(C2CCCN2C(=O)NC2CCCN(c3ncccn3)C2)c(OC)c1. The van der Waals surface area contributed by atoms with E-state index < -0.39 is 0 Å². The van der Waals surface area contributed by atoms with E-state index in [1.807, 2.05) is 29.2 Å². The molecule has 8 nitrogen and oxygen atoms in total. The second kappa shape index (κ2) is 9.19. The highest BCUT2D eigenvalue weighted by atomic mass is 16.5. The van der Waals surface area contributed by atoms with E-state index in [4.69, 9.17) is 9.47 Å². The number of piperidine rings is 1. The van der Waals surface area contributed by atoms with Crippen molar-refractivity contribution in [2.75, 3.05) is 38.8 Å². The Hall–Kier alpha value is -3.03. The summed E-state index contributed by atoms with van der Waals surface area (Å²) in [5.41, 5.74) is 1.02. The second-order valence-electron chi connectivity index (χ2n) is 7.74. The number of nitrogens with zero attached hydrogens (tertiary/aromatic N) is 4. The minimum Gasteiger partial charge on any atom is -0.497 e. The molecule has 2 aromatic rings. The molecule has 0 saturated carbocycles. The van der Waals surface area contributed by atoms with Crippen molar-refractivity contribution >= 4 is 12.0 Å². The molecule has 2 atom stereocenters. The number of carbonyl (C=O) groups is 1. The van der Waals surface area contributed by atoms with E-state index in [9.17, 15) is 4.79 Å². The van der Waals surface area contributed by atoms with Crippen molar-refractivity contribution in [1.29, 1.82) is 0 Å². The maximum absolute atomic E-state index is 13.2. The maximum atomic E-state index is 13.2. The highest BCUT2D eigenvalue weighted by Gasteiger charge is 2.33. The molecule has 4 rings (SSSR count). The number of hydrogen-bond donors (Lipinski definition) is 1. The summed E-state index contributed by atoms with van der Waals surface area (Å²) in [5, 5.41) is 3.24. The van der Waals surface area contributed by atoms with Crippen molar-refractivity contribution in [3.05, 3.63) is 42.2 Å². The summed E-state index contributed by atoms with van der Waals surface area (Å²) in [4.78, 5) is 25.9. The first-order chi connectivity index (χ1) is 14.7. The average molecular weight is 412 g/mol. The third kappa shape index (κ3) is 4.27. The van der Waals surface area contributed by atoms with Gasteiger partial charge in [0.2, 0.25) is 5.95 Å². The molecule has 2 aliphatic rings. The number of ether oxygens (including phenoxy) is 2. The van der Waals surface area contributed by atoms with Crippen LogP contribution in [-0.2, 0) is 0 Å². The van der Waals surface area contributed by atoms with Gasteiger partial charge in [0, 0.05) is 49.7 Å². The zero-order chi connectivity index (χ0) is 20.9. The first-order valence-corrected chi connectivity index (χ1v) is 10.5. The first kappa shape index (κ1) is 20.3. The lowest BCUT2D eigenvalue weighted by Gasteiger charge is -2.35. The molecule has 1 aromatic heterocycles. The van der Waals surface area contributed by atoms with Gasteiger partial charge in [0.1, 0.15) is 11.5 Å². The van der Waals surface area contributed by atoms with Crippen molar-refractivity contribution in [3.8, 4) is 11.5 Å². The van der Waals surface area contributed by atoms with Crippen LogP contribution in [0.5, 0.6) is 11.5 Å². The predicted molar refractivity (Wildman–Crippen MR) is 114 cm³/mol. The molecule has 8 heteroatoms. The molecule has 2 unspecified atom stereocenters. The molecule has 2 fully saturated rings. The van der Waals surface area contributed by atoms with Gasteiger partial charge in [-0.3, -0.25) is 0 Å². The fourth-order valence-electron chi connectivity index (χ4n) is 4.42. The van der Waals surface area contributed by atoms with E-state index in [-0.39, 0.29) is 18.1 Å². The smallest absolute Gasteiger partial charge is 0.318 e. The number of nitrogens with one attached hydrogen (secondary N) is 1. The van der Waals surface area contributed by atoms with Gasteiger partial charge in [-0.1, -0.05) is 0 Å². The average Bonchev–Trinajstić information content (AvgIpc) is 3.29. The fourth-order valence-corrected chi connectivity index (χ4v) is 4.42. The van der Waals surface area contributed by atoms with Gasteiger partial charge in [0.25, 0.3) is 0 Å². The number of aromatic nitrogens is 2. The van der Waals surface area contributed by atoms with Gasteiger partial charge in [0.05, 0.1) is 20.3 Å². The third-order valence-electron chi connectivity index (χ3n) is 5.90. The number of methoxy groups -OCH3 is 2. The minimum absolute atomic E-state index is 0.00278. The highest BCUT2D eigenvalue weighted by molar-refractivity contribution is 5.75. The van der Waals surface area contributed by atoms with Crippen molar-refractivity contribution in [2.45, 2.75) is 37.8 Å². The van der Waals surface area contributed by atoms with Gasteiger partial charge in [-0.2, -0.15) is 0 Å². The molecule has 2 amide bonds. The lowest BCUT2D eigenvalue weighted by Crippen LogP contribution is -2.51. The number of anilines is 1. The molecule has 3 heterocycles. The molecule has 1 aromatic carbocycles. The zero-order valence-electron chi connectivity index (χ0n) is 17.6. The summed E-state index contributed by atoms with van der Waals surface area (Å²) in [5.74, 6) is 2.22. The van der Waals surface area contributed by atoms with Gasteiger partial charge in [-0.05, 0) is 43.9 Å². The molecule has 160 valence electrons. The van der Waals surface area contributed by atoms with Gasteiger partial charge >= 0.3 is 6.03 Å². The third-order valence-corrected chi connectivity index (χ3v) is 5.90. The van der Waals surface area contributed by atoms with Crippen molar-refractivity contribution in [2.24, 2.45) is 0 Å². The molecule has 0 bridgehead atoms. The Morgan fingerprint density at radius 3 is 2.67 bits per heavy atom. The van der Waals surface area contributed by atoms with E-state index >= 15 is 0 Å². The zero-order valence-corrected chi connectivity index (χ0v) is 17.6. The van der Waals surface area contributed by atoms with E-state index in [0.717, 1.165) is 68.3 Å². The summed E-state index contributed by atoms with van der Waals surface area (Å²) in [7, 11) is 3.29. The summed E-state index contributed by atoms with van der Waals surface area (Å²) < 4.78 is 10.9. The number of amides is 2. The molecule has 0 spiro atoms. The van der Waals surface area contributed by atoms with Crippen LogP contribution in [0.25, 0.3) is 0 Å². The van der Waals surface area contributed by atoms with Gasteiger partial charge in [-0.15, -0.1) is 0 Å². The highest BCUT2D eigenvalue weighted by Crippen LogP contribution is 2.38. The monoisotopic (exact) mass is 411 g/mol. The largest absolute Gasteiger partial charge is 0.497 e. The molecule has 2 aliphatic heterocycles. The van der Waals surface area contributed by atoms with Crippen LogP contribution in [0, 0.1) is 0 Å². The normalized spacial score (nSPS) is 21.4. The molecule has 1 N–H and O–H groups in total. The Morgan fingerprint density at radius 1 is 1.10 bits per heavy atom. The lowest BCUT2D eigenvalue weighted by atomic mass is 10.0. The Morgan fingerprint density at radius 2 is 1.90 bits per heavy atom. The Labute approximate surface area is 177 Å². The van der Waals surface area contributed by atoms with Gasteiger partial charge < -0.3 is 24.6 Å². The summed E-state index contributed by atoms with van der Waals surface area (Å²) >= 11 is 0. The van der Waals surface area contributed by atoms with Crippen molar-refractivity contribution in [1.82, 2.24) is 20.2 Å². The Balaban J connectivity index is 1.44. The first-order valence-electron chi connectivity index (χ1n) is 10.5. The summed E-state index contributed by atoms with van der Waals surface area (Å²) in [6, 6.07) is 7.68. The van der Waals surface area contributed by atoms with Crippen molar-refractivity contribution in [3.63, 3.8) is 0 Å².